The molecule has 2 fully saturated rings. The number of pyridine rings is 1. The predicted molar refractivity (Wildman–Crippen MR) is 111 cm³/mol. The summed E-state index contributed by atoms with van der Waals surface area (Å²) in [5.74, 6) is 0.580. The summed E-state index contributed by atoms with van der Waals surface area (Å²) in [6, 6.07) is 12.0. The molecule has 2 aliphatic heterocycles. The summed E-state index contributed by atoms with van der Waals surface area (Å²) < 4.78 is 5.47. The molecule has 1 aromatic heterocycles. The number of nitrogens with zero attached hydrogens (tertiary/aromatic N) is 3. The molecule has 1 aromatic carbocycles. The summed E-state index contributed by atoms with van der Waals surface area (Å²) in [4.78, 5) is 21.5. The molecule has 1 atom stereocenters. The standard InChI is InChI=1S/C22H28N4O2/c1-17-5-4-10-26(16-17)22(27)20-15-18(8-9-23-20)24-19-6-2-3-7-21(19)25-11-13-28-14-12-25/h2-3,6-9,15,17H,4-5,10-14,16H2,1H3,(H,23,24). The van der Waals surface area contributed by atoms with E-state index in [1.165, 1.54) is 6.42 Å². The number of carbonyl (C=O) groups is 1. The molecule has 148 valence electrons. The molecule has 1 amide bonds. The average Bonchev–Trinajstić information content (AvgIpc) is 2.74. The first kappa shape index (κ1) is 18.7. The van der Waals surface area contributed by atoms with Gasteiger partial charge in [0.05, 0.1) is 24.6 Å². The zero-order valence-corrected chi connectivity index (χ0v) is 16.4. The molecule has 2 aromatic rings. The number of para-hydroxylation sites is 2. The first-order valence-electron chi connectivity index (χ1n) is 10.1. The van der Waals surface area contributed by atoms with E-state index in [-0.39, 0.29) is 5.91 Å². The van der Waals surface area contributed by atoms with Crippen LogP contribution in [0.5, 0.6) is 0 Å². The quantitative estimate of drug-likeness (QED) is 0.879. The van der Waals surface area contributed by atoms with Crippen LogP contribution in [-0.4, -0.2) is 55.2 Å². The molecule has 2 saturated heterocycles. The average molecular weight is 380 g/mol. The number of hydrogen-bond acceptors (Lipinski definition) is 5. The van der Waals surface area contributed by atoms with Gasteiger partial charge in [0.25, 0.3) is 5.91 Å². The van der Waals surface area contributed by atoms with E-state index in [1.54, 1.807) is 6.20 Å². The second-order valence-corrected chi connectivity index (χ2v) is 7.67. The molecule has 6 nitrogen and oxygen atoms in total. The van der Waals surface area contributed by atoms with Gasteiger partial charge in [-0.3, -0.25) is 9.78 Å². The molecule has 0 aliphatic carbocycles. The Morgan fingerprint density at radius 3 is 2.82 bits per heavy atom. The minimum Gasteiger partial charge on any atom is -0.378 e. The molecule has 0 radical (unpaired) electrons. The third kappa shape index (κ3) is 4.28. The van der Waals surface area contributed by atoms with Crippen LogP contribution in [0.1, 0.15) is 30.3 Å². The lowest BCUT2D eigenvalue weighted by Crippen LogP contribution is -2.39. The number of anilines is 3. The van der Waals surface area contributed by atoms with Crippen molar-refractivity contribution in [3.8, 4) is 0 Å². The van der Waals surface area contributed by atoms with Gasteiger partial charge in [-0.15, -0.1) is 0 Å². The van der Waals surface area contributed by atoms with Crippen molar-refractivity contribution in [2.75, 3.05) is 49.6 Å². The molecule has 6 heteroatoms. The Labute approximate surface area is 166 Å². The van der Waals surface area contributed by atoms with Crippen LogP contribution in [0.3, 0.4) is 0 Å². The van der Waals surface area contributed by atoms with Crippen molar-refractivity contribution in [1.82, 2.24) is 9.88 Å². The van der Waals surface area contributed by atoms with Crippen molar-refractivity contribution in [1.29, 1.82) is 0 Å². The van der Waals surface area contributed by atoms with Crippen LogP contribution in [0.4, 0.5) is 17.1 Å². The molecule has 0 bridgehead atoms. The fraction of sp³-hybridized carbons (Fsp3) is 0.455. The number of hydrogen-bond donors (Lipinski definition) is 1. The largest absolute Gasteiger partial charge is 0.378 e. The third-order valence-corrected chi connectivity index (χ3v) is 5.46. The number of amides is 1. The first-order valence-corrected chi connectivity index (χ1v) is 10.1. The van der Waals surface area contributed by atoms with Crippen LogP contribution in [0.25, 0.3) is 0 Å². The van der Waals surface area contributed by atoms with E-state index < -0.39 is 0 Å². The molecule has 0 saturated carbocycles. The van der Waals surface area contributed by atoms with Crippen LogP contribution in [0.15, 0.2) is 42.6 Å². The van der Waals surface area contributed by atoms with Crippen molar-refractivity contribution < 1.29 is 9.53 Å². The summed E-state index contributed by atoms with van der Waals surface area (Å²) in [7, 11) is 0. The normalized spacial score (nSPS) is 20.1. The molecule has 1 N–H and O–H groups in total. The fourth-order valence-corrected chi connectivity index (χ4v) is 3.98. The Morgan fingerprint density at radius 2 is 2.00 bits per heavy atom. The van der Waals surface area contributed by atoms with Crippen LogP contribution < -0.4 is 10.2 Å². The number of morpholine rings is 1. The van der Waals surface area contributed by atoms with Crippen molar-refractivity contribution in [2.45, 2.75) is 19.8 Å². The van der Waals surface area contributed by atoms with E-state index in [2.05, 4.69) is 40.3 Å². The zero-order valence-electron chi connectivity index (χ0n) is 16.4. The SMILES string of the molecule is CC1CCCN(C(=O)c2cc(Nc3ccccc3N3CCOCC3)ccn2)C1. The smallest absolute Gasteiger partial charge is 0.272 e. The van der Waals surface area contributed by atoms with Gasteiger partial charge in [-0.25, -0.2) is 0 Å². The van der Waals surface area contributed by atoms with Gasteiger partial charge in [0.15, 0.2) is 0 Å². The zero-order chi connectivity index (χ0) is 19.3. The second-order valence-electron chi connectivity index (χ2n) is 7.67. The second kappa shape index (κ2) is 8.61. The number of aromatic nitrogens is 1. The van der Waals surface area contributed by atoms with Crippen molar-refractivity contribution in [2.24, 2.45) is 5.92 Å². The van der Waals surface area contributed by atoms with E-state index >= 15 is 0 Å². The predicted octanol–water partition coefficient (Wildman–Crippen LogP) is 3.53. The number of nitrogens with one attached hydrogen (secondary N) is 1. The van der Waals surface area contributed by atoms with Gasteiger partial charge in [-0.05, 0) is 43.0 Å². The molecule has 1 unspecified atom stereocenters. The Kier molecular flexibility index (Phi) is 5.76. The minimum absolute atomic E-state index is 0.0247. The maximum absolute atomic E-state index is 12.9. The van der Waals surface area contributed by atoms with Crippen molar-refractivity contribution in [3.05, 3.63) is 48.3 Å². The third-order valence-electron chi connectivity index (χ3n) is 5.46. The Hall–Kier alpha value is -2.60. The molecule has 4 rings (SSSR count). The van der Waals surface area contributed by atoms with Crippen LogP contribution in [-0.2, 0) is 4.74 Å². The monoisotopic (exact) mass is 380 g/mol. The van der Waals surface area contributed by atoms with E-state index in [1.807, 2.05) is 23.1 Å². The molecule has 28 heavy (non-hydrogen) atoms. The van der Waals surface area contributed by atoms with Crippen molar-refractivity contribution in [3.63, 3.8) is 0 Å². The number of ether oxygens (including phenoxy) is 1. The summed E-state index contributed by atoms with van der Waals surface area (Å²) in [5, 5.41) is 3.48. The van der Waals surface area contributed by atoms with Gasteiger partial charge < -0.3 is 19.9 Å². The topological polar surface area (TPSA) is 57.7 Å². The highest BCUT2D eigenvalue weighted by Gasteiger charge is 2.23. The lowest BCUT2D eigenvalue weighted by molar-refractivity contribution is 0.0677. The number of rotatable bonds is 4. The molecular formula is C22H28N4O2. The highest BCUT2D eigenvalue weighted by molar-refractivity contribution is 5.93. The number of carbonyl (C=O) groups excluding carboxylic acids is 1. The Bertz CT molecular complexity index is 820. The highest BCUT2D eigenvalue weighted by atomic mass is 16.5. The number of piperidine rings is 1. The van der Waals surface area contributed by atoms with E-state index in [0.29, 0.717) is 11.6 Å². The van der Waals surface area contributed by atoms with Crippen molar-refractivity contribution >= 4 is 23.0 Å². The summed E-state index contributed by atoms with van der Waals surface area (Å²) in [5.41, 5.74) is 3.56. The van der Waals surface area contributed by atoms with E-state index in [9.17, 15) is 4.79 Å². The van der Waals surface area contributed by atoms with Gasteiger partial charge in [0, 0.05) is 38.1 Å². The van der Waals surface area contributed by atoms with Crippen LogP contribution >= 0.6 is 0 Å². The molecular weight excluding hydrogens is 352 g/mol. The maximum atomic E-state index is 12.9. The van der Waals surface area contributed by atoms with Gasteiger partial charge in [0.1, 0.15) is 5.69 Å². The van der Waals surface area contributed by atoms with Gasteiger partial charge in [-0.1, -0.05) is 19.1 Å². The highest BCUT2D eigenvalue weighted by Crippen LogP contribution is 2.29. The summed E-state index contributed by atoms with van der Waals surface area (Å²) in [6.45, 7) is 7.10. The van der Waals surface area contributed by atoms with Crippen LogP contribution in [0.2, 0.25) is 0 Å². The Balaban J connectivity index is 1.52. The summed E-state index contributed by atoms with van der Waals surface area (Å²) >= 11 is 0. The molecule has 3 heterocycles. The molecule has 0 spiro atoms. The Morgan fingerprint density at radius 1 is 1.18 bits per heavy atom. The maximum Gasteiger partial charge on any atom is 0.272 e. The minimum atomic E-state index is 0.0247. The van der Waals surface area contributed by atoms with E-state index in [0.717, 1.165) is 62.9 Å². The molecule has 2 aliphatic rings. The van der Waals surface area contributed by atoms with Gasteiger partial charge >= 0.3 is 0 Å². The summed E-state index contributed by atoms with van der Waals surface area (Å²) in [6.07, 6.45) is 3.97. The number of benzene rings is 1. The lowest BCUT2D eigenvalue weighted by atomic mass is 10.00. The van der Waals surface area contributed by atoms with Gasteiger partial charge in [0.2, 0.25) is 0 Å². The lowest BCUT2D eigenvalue weighted by Gasteiger charge is -2.31. The van der Waals surface area contributed by atoms with Crippen LogP contribution in [0, 0.1) is 5.92 Å². The number of likely N-dealkylation sites (tertiary alicyclic amines) is 1. The van der Waals surface area contributed by atoms with Gasteiger partial charge in [-0.2, -0.15) is 0 Å². The van der Waals surface area contributed by atoms with E-state index in [4.69, 9.17) is 4.74 Å². The fourth-order valence-electron chi connectivity index (χ4n) is 3.98. The first-order chi connectivity index (χ1) is 13.7.